The molecule has 2 bridgehead atoms. The van der Waals surface area contributed by atoms with Crippen molar-refractivity contribution in [3.8, 4) is 5.75 Å². The fourth-order valence-electron chi connectivity index (χ4n) is 6.47. The minimum absolute atomic E-state index is 0.00255. The van der Waals surface area contributed by atoms with Crippen molar-refractivity contribution >= 4 is 16.7 Å². The topological polar surface area (TPSA) is 49.8 Å². The van der Waals surface area contributed by atoms with Gasteiger partial charge in [0, 0.05) is 18.6 Å². The van der Waals surface area contributed by atoms with Gasteiger partial charge in [0.05, 0.1) is 17.6 Å². The van der Waals surface area contributed by atoms with Crippen molar-refractivity contribution in [2.24, 2.45) is 11.8 Å². The molecule has 2 atom stereocenters. The number of aliphatic carboxylic acids is 1. The first-order valence-electron chi connectivity index (χ1n) is 12.9. The van der Waals surface area contributed by atoms with Gasteiger partial charge in [-0.2, -0.15) is 0 Å². The Kier molecular flexibility index (Phi) is 6.79. The number of alkyl halides is 2. The average molecular weight is 472 g/mol. The number of fused-ring (bicyclic) bond motifs is 3. The minimum atomic E-state index is -2.61. The van der Waals surface area contributed by atoms with Gasteiger partial charge in [-0.15, -0.1) is 0 Å². The number of hydrogen-bond acceptors (Lipinski definition) is 3. The number of piperidine rings is 2. The molecule has 0 amide bonds. The highest BCUT2D eigenvalue weighted by Gasteiger charge is 2.40. The fourth-order valence-corrected chi connectivity index (χ4v) is 6.47. The van der Waals surface area contributed by atoms with E-state index in [0.29, 0.717) is 36.4 Å². The van der Waals surface area contributed by atoms with E-state index in [9.17, 15) is 18.7 Å². The smallest absolute Gasteiger partial charge is 0.306 e. The monoisotopic (exact) mass is 471 g/mol. The van der Waals surface area contributed by atoms with Crippen molar-refractivity contribution in [1.82, 2.24) is 4.90 Å². The van der Waals surface area contributed by atoms with Crippen LogP contribution in [0.4, 0.5) is 8.78 Å². The second-order valence-corrected chi connectivity index (χ2v) is 10.8. The maximum atomic E-state index is 14.3. The zero-order chi connectivity index (χ0) is 23.8. The van der Waals surface area contributed by atoms with Gasteiger partial charge in [-0.3, -0.25) is 9.69 Å². The third-order valence-corrected chi connectivity index (χ3v) is 8.40. The molecule has 2 heterocycles. The maximum absolute atomic E-state index is 14.3. The Balaban J connectivity index is 1.41. The summed E-state index contributed by atoms with van der Waals surface area (Å²) in [5, 5.41) is 10.9. The normalized spacial score (nSPS) is 29.9. The van der Waals surface area contributed by atoms with Crippen molar-refractivity contribution in [1.29, 1.82) is 0 Å². The number of carboxylic acids is 1. The second kappa shape index (κ2) is 9.80. The van der Waals surface area contributed by atoms with Crippen molar-refractivity contribution in [2.75, 3.05) is 0 Å². The van der Waals surface area contributed by atoms with Crippen molar-refractivity contribution in [3.05, 3.63) is 41.5 Å². The molecule has 1 saturated carbocycles. The fraction of sp³-hybridized carbons (Fsp3) is 0.607. The Morgan fingerprint density at radius 2 is 1.74 bits per heavy atom. The molecule has 0 aromatic heterocycles. The Morgan fingerprint density at radius 3 is 2.38 bits per heavy atom. The van der Waals surface area contributed by atoms with Crippen molar-refractivity contribution < 1.29 is 23.4 Å². The maximum Gasteiger partial charge on any atom is 0.306 e. The highest BCUT2D eigenvalue weighted by molar-refractivity contribution is 5.88. The van der Waals surface area contributed by atoms with Crippen LogP contribution in [0.3, 0.4) is 0 Å². The molecule has 2 aliphatic heterocycles. The Labute approximate surface area is 200 Å². The highest BCUT2D eigenvalue weighted by atomic mass is 19.3. The van der Waals surface area contributed by atoms with E-state index in [1.807, 2.05) is 24.3 Å². The zero-order valence-corrected chi connectivity index (χ0v) is 19.9. The summed E-state index contributed by atoms with van der Waals surface area (Å²) >= 11 is 0. The Hall–Kier alpha value is -2.21. The quantitative estimate of drug-likeness (QED) is 0.495. The van der Waals surface area contributed by atoms with Crippen LogP contribution in [0.1, 0.15) is 82.3 Å². The Bertz CT molecular complexity index is 1020. The number of ether oxygens (including phenoxy) is 1. The van der Waals surface area contributed by atoms with Crippen molar-refractivity contribution in [2.45, 2.75) is 95.9 Å². The first-order chi connectivity index (χ1) is 16.4. The molecule has 0 spiro atoms. The lowest BCUT2D eigenvalue weighted by Gasteiger charge is -2.48. The molecule has 34 heavy (non-hydrogen) atoms. The lowest BCUT2D eigenvalue weighted by Crippen LogP contribution is -2.52. The molecule has 5 rings (SSSR count). The first-order valence-corrected chi connectivity index (χ1v) is 12.9. The van der Waals surface area contributed by atoms with Gasteiger partial charge in [0.2, 0.25) is 0 Å². The second-order valence-electron chi connectivity index (χ2n) is 10.8. The number of hydrogen-bond donors (Lipinski definition) is 1. The van der Waals surface area contributed by atoms with E-state index < -0.39 is 12.4 Å². The van der Waals surface area contributed by atoms with Crippen LogP contribution in [0.2, 0.25) is 0 Å². The molecule has 184 valence electrons. The predicted molar refractivity (Wildman–Crippen MR) is 128 cm³/mol. The molecule has 1 aliphatic carbocycles. The van der Waals surface area contributed by atoms with Crippen LogP contribution in [0, 0.1) is 11.8 Å². The van der Waals surface area contributed by atoms with Gasteiger partial charge in [0.15, 0.2) is 0 Å². The van der Waals surface area contributed by atoms with Crippen LogP contribution in [0.15, 0.2) is 30.3 Å². The van der Waals surface area contributed by atoms with Crippen LogP contribution in [0.25, 0.3) is 10.8 Å². The van der Waals surface area contributed by atoms with Crippen LogP contribution < -0.4 is 4.74 Å². The SMILES string of the molecule is C[C@H]1CC[C@@H](Oc2ccc3ccc(CN4C5CCCC4CC(C(=O)O)C5)cc3c2C(F)F)CC1. The zero-order valence-electron chi connectivity index (χ0n) is 19.9. The van der Waals surface area contributed by atoms with Gasteiger partial charge in [0.25, 0.3) is 6.43 Å². The van der Waals surface area contributed by atoms with E-state index >= 15 is 0 Å². The third kappa shape index (κ3) is 4.79. The van der Waals surface area contributed by atoms with E-state index in [1.165, 1.54) is 0 Å². The summed E-state index contributed by atoms with van der Waals surface area (Å²) in [6.07, 6.45) is 5.88. The minimum Gasteiger partial charge on any atom is -0.490 e. The van der Waals surface area contributed by atoms with Gasteiger partial charge >= 0.3 is 5.97 Å². The van der Waals surface area contributed by atoms with Crippen LogP contribution >= 0.6 is 0 Å². The number of carboxylic acid groups (broad SMARTS) is 1. The molecule has 2 aromatic carbocycles. The molecule has 6 heteroatoms. The molecule has 1 N–H and O–H groups in total. The van der Waals surface area contributed by atoms with E-state index in [2.05, 4.69) is 11.8 Å². The summed E-state index contributed by atoms with van der Waals surface area (Å²) in [4.78, 5) is 14.0. The van der Waals surface area contributed by atoms with Crippen LogP contribution in [0.5, 0.6) is 5.75 Å². The number of halogens is 2. The first kappa shape index (κ1) is 23.5. The summed E-state index contributed by atoms with van der Waals surface area (Å²) in [6, 6.07) is 9.97. The largest absolute Gasteiger partial charge is 0.490 e. The lowest BCUT2D eigenvalue weighted by molar-refractivity contribution is -0.146. The molecule has 4 nitrogen and oxygen atoms in total. The van der Waals surface area contributed by atoms with E-state index in [1.54, 1.807) is 6.07 Å². The molecule has 3 fully saturated rings. The summed E-state index contributed by atoms with van der Waals surface area (Å²) < 4.78 is 34.8. The van der Waals surface area contributed by atoms with E-state index in [-0.39, 0.29) is 29.7 Å². The highest BCUT2D eigenvalue weighted by Crippen LogP contribution is 2.41. The van der Waals surface area contributed by atoms with Gasteiger partial charge in [-0.25, -0.2) is 8.78 Å². The molecular weight excluding hydrogens is 436 g/mol. The third-order valence-electron chi connectivity index (χ3n) is 8.40. The summed E-state index contributed by atoms with van der Waals surface area (Å²) in [5.41, 5.74) is 1.01. The average Bonchev–Trinajstić information content (AvgIpc) is 2.79. The lowest BCUT2D eigenvalue weighted by atomic mass is 9.78. The number of rotatable bonds is 6. The number of carbonyl (C=O) groups is 1. The van der Waals surface area contributed by atoms with Gasteiger partial charge in [0.1, 0.15) is 5.75 Å². The standard InChI is InChI=1S/C28H35F2NO3/c1-17-5-10-23(11-6-17)34-25-12-9-19-8-7-18(13-24(19)26(25)27(29)30)16-31-21-3-2-4-22(31)15-20(14-21)28(32)33/h7-9,12-13,17,20-23,27H,2-6,10-11,14-16H2,1H3,(H,32,33)/t17-,20?,21?,22?,23+. The summed E-state index contributed by atoms with van der Waals surface area (Å²) in [5.74, 6) is 0.0341. The summed E-state index contributed by atoms with van der Waals surface area (Å²) in [7, 11) is 0. The van der Waals surface area contributed by atoms with E-state index in [4.69, 9.17) is 4.74 Å². The van der Waals surface area contributed by atoms with Crippen molar-refractivity contribution in [3.63, 3.8) is 0 Å². The molecule has 2 aromatic rings. The van der Waals surface area contributed by atoms with Gasteiger partial charge in [-0.1, -0.05) is 31.5 Å². The molecular formula is C28H35F2NO3. The summed E-state index contributed by atoms with van der Waals surface area (Å²) in [6.45, 7) is 2.91. The Morgan fingerprint density at radius 1 is 1.06 bits per heavy atom. The van der Waals surface area contributed by atoms with Crippen LogP contribution in [-0.4, -0.2) is 34.2 Å². The molecule has 0 radical (unpaired) electrons. The molecule has 2 saturated heterocycles. The molecule has 2 unspecified atom stereocenters. The van der Waals surface area contributed by atoms with E-state index in [0.717, 1.165) is 55.9 Å². The number of benzene rings is 2. The molecule has 3 aliphatic rings. The number of nitrogens with zero attached hydrogens (tertiary/aromatic N) is 1. The van der Waals surface area contributed by atoms with Gasteiger partial charge in [-0.05, 0) is 85.8 Å². The van der Waals surface area contributed by atoms with Gasteiger partial charge < -0.3 is 9.84 Å². The predicted octanol–water partition coefficient (Wildman–Crippen LogP) is 6.95. The van der Waals surface area contributed by atoms with Crippen LogP contribution in [-0.2, 0) is 11.3 Å².